The first-order valence-electron chi connectivity index (χ1n) is 6.59. The van der Waals surface area contributed by atoms with Crippen LogP contribution in [0.5, 0.6) is 0 Å². The highest BCUT2D eigenvalue weighted by atomic mass is 35.5. The number of aldehydes is 1. The molecular weight excluding hydrogens is 340 g/mol. The predicted octanol–water partition coefficient (Wildman–Crippen LogP) is 4.35. The average Bonchev–Trinajstić information content (AvgIpc) is 3.12. The third kappa shape index (κ3) is 2.80. The molecule has 0 saturated heterocycles. The maximum absolute atomic E-state index is 11.7. The standard InChI is InChI=1S/C15H11ClN2O4S/c1-8-11(7-19)23-14-10(5-12(16)17-13(8)14)18(15(20)21)6-9-3-2-4-22-9/h2-5,7H,6H2,1H3,(H,20,21). The van der Waals surface area contributed by atoms with Gasteiger partial charge < -0.3 is 9.52 Å². The largest absolute Gasteiger partial charge is 0.467 e. The number of carboxylic acid groups (broad SMARTS) is 1. The molecule has 0 aromatic carbocycles. The summed E-state index contributed by atoms with van der Waals surface area (Å²) in [6.45, 7) is 1.79. The van der Waals surface area contributed by atoms with Crippen molar-refractivity contribution in [1.82, 2.24) is 4.98 Å². The van der Waals surface area contributed by atoms with E-state index >= 15 is 0 Å². The maximum Gasteiger partial charge on any atom is 0.412 e. The van der Waals surface area contributed by atoms with Gasteiger partial charge in [0.1, 0.15) is 10.9 Å². The second-order valence-electron chi connectivity index (χ2n) is 4.80. The summed E-state index contributed by atoms with van der Waals surface area (Å²) in [4.78, 5) is 28.7. The van der Waals surface area contributed by atoms with Crippen LogP contribution in [-0.4, -0.2) is 22.5 Å². The maximum atomic E-state index is 11.7. The Kier molecular flexibility index (Phi) is 4.06. The lowest BCUT2D eigenvalue weighted by Crippen LogP contribution is -2.28. The van der Waals surface area contributed by atoms with Gasteiger partial charge in [-0.05, 0) is 24.6 Å². The number of thiophene rings is 1. The quantitative estimate of drug-likeness (QED) is 0.558. The zero-order valence-corrected chi connectivity index (χ0v) is 13.5. The molecule has 0 saturated carbocycles. The van der Waals surface area contributed by atoms with Crippen LogP contribution < -0.4 is 4.90 Å². The normalized spacial score (nSPS) is 10.9. The Labute approximate surface area is 139 Å². The highest BCUT2D eigenvalue weighted by Crippen LogP contribution is 2.38. The van der Waals surface area contributed by atoms with E-state index in [0.29, 0.717) is 32.1 Å². The molecule has 0 aliphatic carbocycles. The third-order valence-corrected chi connectivity index (χ3v) is 4.80. The highest BCUT2D eigenvalue weighted by Gasteiger charge is 2.23. The molecule has 3 rings (SSSR count). The summed E-state index contributed by atoms with van der Waals surface area (Å²) in [5.74, 6) is 0.498. The van der Waals surface area contributed by atoms with Crippen molar-refractivity contribution < 1.29 is 19.1 Å². The van der Waals surface area contributed by atoms with Crippen molar-refractivity contribution >= 4 is 51.2 Å². The van der Waals surface area contributed by atoms with Gasteiger partial charge in [-0.15, -0.1) is 11.3 Å². The highest BCUT2D eigenvalue weighted by molar-refractivity contribution is 7.21. The molecule has 3 aromatic heterocycles. The summed E-state index contributed by atoms with van der Waals surface area (Å²) in [5, 5.41) is 9.73. The number of amides is 1. The number of hydrogen-bond donors (Lipinski definition) is 1. The molecule has 0 radical (unpaired) electrons. The summed E-state index contributed by atoms with van der Waals surface area (Å²) < 4.78 is 5.82. The molecule has 0 aliphatic heterocycles. The fourth-order valence-corrected chi connectivity index (χ4v) is 3.55. The van der Waals surface area contributed by atoms with Crippen LogP contribution in [0.25, 0.3) is 10.2 Å². The first kappa shape index (κ1) is 15.5. The van der Waals surface area contributed by atoms with E-state index in [1.165, 1.54) is 23.7 Å². The molecule has 118 valence electrons. The Hall–Kier alpha value is -2.38. The zero-order chi connectivity index (χ0) is 16.6. The van der Waals surface area contributed by atoms with Crippen molar-refractivity contribution in [1.29, 1.82) is 0 Å². The minimum absolute atomic E-state index is 0.0329. The van der Waals surface area contributed by atoms with E-state index in [-0.39, 0.29) is 11.7 Å². The Morgan fingerprint density at radius 2 is 2.35 bits per heavy atom. The van der Waals surface area contributed by atoms with E-state index in [1.807, 2.05) is 0 Å². The summed E-state index contributed by atoms with van der Waals surface area (Å²) in [5.41, 5.74) is 1.60. The molecule has 6 nitrogen and oxygen atoms in total. The van der Waals surface area contributed by atoms with Crippen LogP contribution in [0, 0.1) is 6.92 Å². The van der Waals surface area contributed by atoms with Gasteiger partial charge in [0.2, 0.25) is 0 Å². The third-order valence-electron chi connectivity index (χ3n) is 3.38. The van der Waals surface area contributed by atoms with Crippen LogP contribution in [-0.2, 0) is 6.54 Å². The van der Waals surface area contributed by atoms with E-state index < -0.39 is 6.09 Å². The Balaban J connectivity index is 2.19. The molecule has 8 heteroatoms. The number of furan rings is 1. The summed E-state index contributed by atoms with van der Waals surface area (Å²) >= 11 is 7.23. The summed E-state index contributed by atoms with van der Waals surface area (Å²) in [7, 11) is 0. The van der Waals surface area contributed by atoms with Crippen LogP contribution >= 0.6 is 22.9 Å². The average molecular weight is 351 g/mol. The van der Waals surface area contributed by atoms with Crippen LogP contribution in [0.3, 0.4) is 0 Å². The molecule has 0 unspecified atom stereocenters. The van der Waals surface area contributed by atoms with E-state index in [4.69, 9.17) is 16.0 Å². The Morgan fingerprint density at radius 3 is 2.96 bits per heavy atom. The van der Waals surface area contributed by atoms with Crippen LogP contribution in [0.2, 0.25) is 5.15 Å². The van der Waals surface area contributed by atoms with Gasteiger partial charge in [-0.2, -0.15) is 0 Å². The summed E-state index contributed by atoms with van der Waals surface area (Å²) in [6, 6.07) is 4.85. The molecule has 0 bridgehead atoms. The van der Waals surface area contributed by atoms with Gasteiger partial charge in [0, 0.05) is 6.07 Å². The lowest BCUT2D eigenvalue weighted by Gasteiger charge is -2.19. The number of carbonyl (C=O) groups excluding carboxylic acids is 1. The number of anilines is 1. The lowest BCUT2D eigenvalue weighted by molar-refractivity contribution is 0.112. The van der Waals surface area contributed by atoms with Gasteiger partial charge in [-0.3, -0.25) is 9.69 Å². The molecule has 1 amide bonds. The number of carbonyl (C=O) groups is 2. The molecule has 23 heavy (non-hydrogen) atoms. The molecule has 0 aliphatic rings. The fraction of sp³-hybridized carbons (Fsp3) is 0.133. The van der Waals surface area contributed by atoms with Gasteiger partial charge in [0.05, 0.1) is 33.6 Å². The van der Waals surface area contributed by atoms with Crippen LogP contribution in [0.1, 0.15) is 21.0 Å². The molecular formula is C15H11ClN2O4S. The fourth-order valence-electron chi connectivity index (χ4n) is 2.27. The number of aromatic nitrogens is 1. The van der Waals surface area contributed by atoms with Gasteiger partial charge >= 0.3 is 6.09 Å². The zero-order valence-electron chi connectivity index (χ0n) is 11.9. The topological polar surface area (TPSA) is 83.6 Å². The second-order valence-corrected chi connectivity index (χ2v) is 6.24. The Morgan fingerprint density at radius 1 is 1.57 bits per heavy atom. The molecule has 0 fully saturated rings. The predicted molar refractivity (Wildman–Crippen MR) is 87.7 cm³/mol. The van der Waals surface area contributed by atoms with Crippen LogP contribution in [0.15, 0.2) is 28.9 Å². The van der Waals surface area contributed by atoms with Crippen molar-refractivity contribution in [3.05, 3.63) is 45.8 Å². The van der Waals surface area contributed by atoms with E-state index in [0.717, 1.165) is 11.2 Å². The second kappa shape index (κ2) is 6.02. The van der Waals surface area contributed by atoms with Crippen molar-refractivity contribution in [2.45, 2.75) is 13.5 Å². The molecule has 3 heterocycles. The Bertz CT molecular complexity index is 889. The first-order chi connectivity index (χ1) is 11.0. The monoisotopic (exact) mass is 350 g/mol. The van der Waals surface area contributed by atoms with Gasteiger partial charge in [0.25, 0.3) is 0 Å². The SMILES string of the molecule is Cc1c(C=O)sc2c(N(Cc3ccco3)C(=O)O)cc(Cl)nc12. The smallest absolute Gasteiger partial charge is 0.412 e. The number of pyridine rings is 1. The first-order valence-corrected chi connectivity index (χ1v) is 7.78. The van der Waals surface area contributed by atoms with Gasteiger partial charge in [-0.25, -0.2) is 9.78 Å². The van der Waals surface area contributed by atoms with Crippen molar-refractivity contribution in [3.63, 3.8) is 0 Å². The van der Waals surface area contributed by atoms with Crippen LogP contribution in [0.4, 0.5) is 10.5 Å². The summed E-state index contributed by atoms with van der Waals surface area (Å²) in [6.07, 6.45) is 1.06. The minimum atomic E-state index is -1.15. The van der Waals surface area contributed by atoms with Crippen molar-refractivity contribution in [3.8, 4) is 0 Å². The van der Waals surface area contributed by atoms with E-state index in [1.54, 1.807) is 19.1 Å². The van der Waals surface area contributed by atoms with Gasteiger partial charge in [-0.1, -0.05) is 11.6 Å². The number of nitrogens with zero attached hydrogens (tertiary/aromatic N) is 2. The number of hydrogen-bond acceptors (Lipinski definition) is 5. The molecule has 1 N–H and O–H groups in total. The van der Waals surface area contributed by atoms with Crippen molar-refractivity contribution in [2.24, 2.45) is 0 Å². The number of halogens is 1. The van der Waals surface area contributed by atoms with E-state index in [2.05, 4.69) is 4.98 Å². The minimum Gasteiger partial charge on any atom is -0.467 e. The van der Waals surface area contributed by atoms with Gasteiger partial charge in [0.15, 0.2) is 6.29 Å². The number of aryl methyl sites for hydroxylation is 1. The number of rotatable bonds is 4. The van der Waals surface area contributed by atoms with Crippen molar-refractivity contribution in [2.75, 3.05) is 4.90 Å². The van der Waals surface area contributed by atoms with E-state index in [9.17, 15) is 14.7 Å². The number of fused-ring (bicyclic) bond motifs is 1. The lowest BCUT2D eigenvalue weighted by atomic mass is 10.2. The molecule has 0 spiro atoms. The molecule has 0 atom stereocenters. The molecule has 3 aromatic rings.